The number of hydrogen-bond acceptors (Lipinski definition) is 3. The van der Waals surface area contributed by atoms with Gasteiger partial charge in [-0.05, 0) is 56.2 Å². The van der Waals surface area contributed by atoms with E-state index in [1.807, 2.05) is 25.1 Å². The van der Waals surface area contributed by atoms with Crippen molar-refractivity contribution in [3.8, 4) is 0 Å². The van der Waals surface area contributed by atoms with E-state index in [2.05, 4.69) is 33.5 Å². The molecule has 1 aliphatic rings. The number of aromatic nitrogens is 1. The Hall–Kier alpha value is -3.04. The van der Waals surface area contributed by atoms with Gasteiger partial charge in [-0.3, -0.25) is 4.79 Å². The number of halogens is 2. The number of anilines is 1. The Morgan fingerprint density at radius 3 is 2.67 bits per heavy atom. The molecule has 4 rings (SSSR count). The lowest BCUT2D eigenvalue weighted by molar-refractivity contribution is 0.101. The molecule has 9 heteroatoms. The molecule has 3 aromatic rings. The number of fused-ring (bicyclic) bond motifs is 1. The minimum absolute atomic E-state index is 0.0451. The van der Waals surface area contributed by atoms with Crippen LogP contribution in [0.15, 0.2) is 64.0 Å². The summed E-state index contributed by atoms with van der Waals surface area (Å²) in [7, 11) is -1.26. The summed E-state index contributed by atoms with van der Waals surface area (Å²) in [6.07, 6.45) is 4.77. The molecule has 2 unspecified atom stereocenters. The number of nitrogens with one attached hydrogen (secondary N) is 2. The van der Waals surface area contributed by atoms with Crippen LogP contribution in [-0.4, -0.2) is 27.3 Å². The molecule has 0 fully saturated rings. The second-order valence-corrected chi connectivity index (χ2v) is 11.2. The first-order valence-electron chi connectivity index (χ1n) is 12.2. The highest BCUT2D eigenvalue weighted by Gasteiger charge is 2.33. The van der Waals surface area contributed by atoms with Crippen molar-refractivity contribution in [1.29, 1.82) is 0 Å². The minimum Gasteiger partial charge on any atom is -0.345 e. The molecule has 3 atom stereocenters. The lowest BCUT2D eigenvalue weighted by atomic mass is 9.91. The third-order valence-corrected chi connectivity index (χ3v) is 8.87. The SMILES string of the molecule is CCN=S1(=O)N[C@@H](C(C)CCc2ccccc2)CCc2c1cn(C)c2C(=O)Nc1ccc(F)c(F)c1. The number of nitrogens with zero attached hydrogens (tertiary/aromatic N) is 2. The molecule has 192 valence electrons. The number of benzene rings is 2. The zero-order chi connectivity index (χ0) is 25.9. The maximum atomic E-state index is 14.2. The Balaban J connectivity index is 1.61. The van der Waals surface area contributed by atoms with Crippen molar-refractivity contribution in [1.82, 2.24) is 9.29 Å². The van der Waals surface area contributed by atoms with Gasteiger partial charge >= 0.3 is 0 Å². The highest BCUT2D eigenvalue weighted by Crippen LogP contribution is 2.31. The largest absolute Gasteiger partial charge is 0.345 e. The molecule has 1 aliphatic heterocycles. The van der Waals surface area contributed by atoms with Crippen LogP contribution < -0.4 is 10.0 Å². The maximum absolute atomic E-state index is 14.2. The van der Waals surface area contributed by atoms with Crippen LogP contribution >= 0.6 is 0 Å². The zero-order valence-corrected chi connectivity index (χ0v) is 21.6. The van der Waals surface area contributed by atoms with E-state index in [1.165, 1.54) is 11.6 Å². The minimum atomic E-state index is -2.97. The fraction of sp³-hybridized carbons (Fsp3) is 0.370. The van der Waals surface area contributed by atoms with E-state index < -0.39 is 27.5 Å². The van der Waals surface area contributed by atoms with Crippen LogP contribution in [-0.2, 0) is 29.8 Å². The lowest BCUT2D eigenvalue weighted by Crippen LogP contribution is -2.38. The van der Waals surface area contributed by atoms with Crippen LogP contribution in [0.1, 0.15) is 48.3 Å². The maximum Gasteiger partial charge on any atom is 0.272 e. The second kappa shape index (κ2) is 10.9. The van der Waals surface area contributed by atoms with E-state index in [1.54, 1.807) is 17.8 Å². The Bertz CT molecular complexity index is 1360. The van der Waals surface area contributed by atoms with Crippen LogP contribution in [0.4, 0.5) is 14.5 Å². The van der Waals surface area contributed by atoms with Crippen LogP contribution in [0, 0.1) is 17.6 Å². The summed E-state index contributed by atoms with van der Waals surface area (Å²) in [6.45, 7) is 4.35. The third-order valence-electron chi connectivity index (χ3n) is 6.68. The van der Waals surface area contributed by atoms with E-state index in [4.69, 9.17) is 0 Å². The Morgan fingerprint density at radius 2 is 1.97 bits per heavy atom. The van der Waals surface area contributed by atoms with E-state index in [9.17, 15) is 17.8 Å². The summed E-state index contributed by atoms with van der Waals surface area (Å²) in [5, 5.41) is 2.65. The highest BCUT2D eigenvalue weighted by atomic mass is 32.2. The molecule has 0 spiro atoms. The van der Waals surface area contributed by atoms with Crippen molar-refractivity contribution < 1.29 is 17.8 Å². The van der Waals surface area contributed by atoms with E-state index >= 15 is 0 Å². The van der Waals surface area contributed by atoms with Crippen molar-refractivity contribution in [3.05, 3.63) is 83.2 Å². The highest BCUT2D eigenvalue weighted by molar-refractivity contribution is 7.91. The molecular weight excluding hydrogens is 482 g/mol. The molecule has 0 saturated heterocycles. The Kier molecular flexibility index (Phi) is 7.90. The molecule has 0 radical (unpaired) electrons. The standard InChI is InChI=1S/C27H32F2N4O2S/c1-4-30-36(35)25-17-33(3)26(27(34)31-20-12-14-22(28)23(29)16-20)21(25)13-15-24(32-36)18(2)10-11-19-8-6-5-7-9-19/h5-9,12,14,16-18,24H,4,10-11,13,15H2,1-3H3,(H,31,34)(H,30,32,35)/t18?,24-,36?/m1/s1. The molecule has 0 saturated carbocycles. The quantitative estimate of drug-likeness (QED) is 0.438. The normalized spacial score (nSPS) is 20.3. The average Bonchev–Trinajstić information content (AvgIpc) is 3.13. The molecule has 2 N–H and O–H groups in total. The molecule has 1 aromatic heterocycles. The summed E-state index contributed by atoms with van der Waals surface area (Å²) in [5.41, 5.74) is 2.42. The topological polar surface area (TPSA) is 75.5 Å². The first kappa shape index (κ1) is 26.0. The first-order chi connectivity index (χ1) is 17.2. The summed E-state index contributed by atoms with van der Waals surface area (Å²) < 4.78 is 50.6. The number of hydrogen-bond donors (Lipinski definition) is 2. The monoisotopic (exact) mass is 514 g/mol. The number of carbonyl (C=O) groups excluding carboxylic acids is 1. The molecular formula is C27H32F2N4O2S. The van der Waals surface area contributed by atoms with Crippen molar-refractivity contribution in [3.63, 3.8) is 0 Å². The summed E-state index contributed by atoms with van der Waals surface area (Å²) in [5.74, 6) is -2.27. The van der Waals surface area contributed by atoms with Crippen molar-refractivity contribution in [2.24, 2.45) is 17.3 Å². The van der Waals surface area contributed by atoms with Gasteiger partial charge < -0.3 is 9.88 Å². The predicted molar refractivity (Wildman–Crippen MR) is 138 cm³/mol. The lowest BCUT2D eigenvalue weighted by Gasteiger charge is -2.25. The zero-order valence-electron chi connectivity index (χ0n) is 20.8. The van der Waals surface area contributed by atoms with Gasteiger partial charge in [-0.25, -0.2) is 22.1 Å². The van der Waals surface area contributed by atoms with E-state index in [-0.39, 0.29) is 17.6 Å². The van der Waals surface area contributed by atoms with Crippen molar-refractivity contribution in [2.45, 2.75) is 50.5 Å². The molecule has 6 nitrogen and oxygen atoms in total. The van der Waals surface area contributed by atoms with Crippen LogP contribution in [0.2, 0.25) is 0 Å². The third kappa shape index (κ3) is 5.52. The van der Waals surface area contributed by atoms with Crippen LogP contribution in [0.5, 0.6) is 0 Å². The van der Waals surface area contributed by atoms with Crippen molar-refractivity contribution in [2.75, 3.05) is 11.9 Å². The average molecular weight is 515 g/mol. The van der Waals surface area contributed by atoms with Gasteiger partial charge in [0.1, 0.15) is 15.6 Å². The van der Waals surface area contributed by atoms with Gasteiger partial charge in [0.25, 0.3) is 5.91 Å². The smallest absolute Gasteiger partial charge is 0.272 e. The van der Waals surface area contributed by atoms with E-state index in [0.717, 1.165) is 25.0 Å². The van der Waals surface area contributed by atoms with Crippen molar-refractivity contribution >= 4 is 21.5 Å². The second-order valence-electron chi connectivity index (χ2n) is 9.25. The molecule has 0 bridgehead atoms. The number of amides is 1. The predicted octanol–water partition coefficient (Wildman–Crippen LogP) is 5.49. The number of aryl methyl sites for hydroxylation is 2. The Labute approximate surface area is 211 Å². The molecule has 0 aliphatic carbocycles. The van der Waals surface area contributed by atoms with Gasteiger partial charge in [0.05, 0.1) is 4.90 Å². The molecule has 2 heterocycles. The molecule has 1 amide bonds. The summed E-state index contributed by atoms with van der Waals surface area (Å²) >= 11 is 0. The fourth-order valence-corrected chi connectivity index (χ4v) is 7.04. The van der Waals surface area contributed by atoms with Gasteiger partial charge in [-0.15, -0.1) is 0 Å². The summed E-state index contributed by atoms with van der Waals surface area (Å²) in [6, 6.07) is 13.4. The molecule has 36 heavy (non-hydrogen) atoms. The van der Waals surface area contributed by atoms with Gasteiger partial charge in [-0.2, -0.15) is 0 Å². The summed E-state index contributed by atoms with van der Waals surface area (Å²) in [4.78, 5) is 13.7. The van der Waals surface area contributed by atoms with Gasteiger partial charge in [0.2, 0.25) is 0 Å². The Morgan fingerprint density at radius 1 is 1.22 bits per heavy atom. The number of carbonyl (C=O) groups is 1. The van der Waals surface area contributed by atoms with Gasteiger partial charge in [0, 0.05) is 43.1 Å². The molecule has 2 aromatic carbocycles. The number of rotatable bonds is 7. The van der Waals surface area contributed by atoms with Gasteiger partial charge in [0.15, 0.2) is 11.6 Å². The first-order valence-corrected chi connectivity index (χ1v) is 13.7. The van der Waals surface area contributed by atoms with E-state index in [0.29, 0.717) is 35.5 Å². The van der Waals surface area contributed by atoms with Gasteiger partial charge in [-0.1, -0.05) is 37.3 Å². The fourth-order valence-electron chi connectivity index (χ4n) is 4.75. The van der Waals surface area contributed by atoms with Crippen LogP contribution in [0.3, 0.4) is 0 Å². The van der Waals surface area contributed by atoms with Crippen LogP contribution in [0.25, 0.3) is 0 Å².